The predicted octanol–water partition coefficient (Wildman–Crippen LogP) is 3.32. The Bertz CT molecular complexity index is 240. The minimum Gasteiger partial charge on any atom is -0.418 e. The highest BCUT2D eigenvalue weighted by atomic mass is 28.4. The van der Waals surface area contributed by atoms with Gasteiger partial charge in [-0.2, -0.15) is 0 Å². The van der Waals surface area contributed by atoms with Gasteiger partial charge in [0.2, 0.25) is 0 Å². The molecule has 0 heterocycles. The molecule has 0 radical (unpaired) electrons. The monoisotopic (exact) mass is 304 g/mol. The van der Waals surface area contributed by atoms with Gasteiger partial charge in [-0.3, -0.25) is 0 Å². The van der Waals surface area contributed by atoms with E-state index in [1.165, 1.54) is 25.6 Å². The molecule has 0 aliphatic rings. The Hall–Kier alpha value is 0.314. The summed E-state index contributed by atoms with van der Waals surface area (Å²) in [7, 11) is 1.74. The summed E-state index contributed by atoms with van der Waals surface area (Å²) in [6.07, 6.45) is 1.29. The van der Waals surface area contributed by atoms with Crippen molar-refractivity contribution in [3.05, 3.63) is 0 Å². The number of nitrogens with zero attached hydrogens (tertiary/aromatic N) is 2. The summed E-state index contributed by atoms with van der Waals surface area (Å²) in [6, 6.07) is 1.28. The van der Waals surface area contributed by atoms with Gasteiger partial charge in [0.1, 0.15) is 8.24 Å². The summed E-state index contributed by atoms with van der Waals surface area (Å²) in [5.41, 5.74) is 0. The van der Waals surface area contributed by atoms with E-state index in [4.69, 9.17) is 4.43 Å². The minimum absolute atomic E-state index is 0.873. The van der Waals surface area contributed by atoms with Crippen LogP contribution in [0.1, 0.15) is 13.3 Å². The topological polar surface area (TPSA) is 15.7 Å². The fraction of sp³-hybridized carbons (Fsp3) is 1.00. The molecule has 0 atom stereocenters. The molecule has 0 amide bonds. The maximum absolute atomic E-state index is 5.92. The second-order valence-corrected chi connectivity index (χ2v) is 16.5. The molecule has 0 aromatic heterocycles. The molecule has 5 heteroatoms. The fourth-order valence-electron chi connectivity index (χ4n) is 2.26. The van der Waals surface area contributed by atoms with Crippen molar-refractivity contribution < 1.29 is 4.43 Å². The Balaban J connectivity index is 4.20. The van der Waals surface area contributed by atoms with Crippen molar-refractivity contribution in [1.29, 1.82) is 0 Å². The molecule has 0 aromatic rings. The summed E-state index contributed by atoms with van der Waals surface area (Å²) in [5.74, 6) is 0. The Morgan fingerprint density at radius 3 is 1.89 bits per heavy atom. The van der Waals surface area contributed by atoms with E-state index >= 15 is 0 Å². The van der Waals surface area contributed by atoms with E-state index in [0.717, 1.165) is 13.2 Å². The van der Waals surface area contributed by atoms with Crippen molar-refractivity contribution in [3.8, 4) is 0 Å². The Morgan fingerprint density at radius 1 is 0.895 bits per heavy atom. The van der Waals surface area contributed by atoms with Gasteiger partial charge in [-0.25, -0.2) is 0 Å². The Morgan fingerprint density at radius 2 is 1.47 bits per heavy atom. The largest absolute Gasteiger partial charge is 0.418 e. The first-order chi connectivity index (χ1) is 8.58. The zero-order valence-electron chi connectivity index (χ0n) is 14.5. The summed E-state index contributed by atoms with van der Waals surface area (Å²) >= 11 is 0. The lowest BCUT2D eigenvalue weighted by molar-refractivity contribution is 0.316. The van der Waals surface area contributed by atoms with Crippen LogP contribution in [0.5, 0.6) is 0 Å². The smallest absolute Gasteiger partial charge is 0.186 e. The molecule has 0 aliphatic carbocycles. The first-order valence-electron chi connectivity index (χ1n) is 7.62. The van der Waals surface area contributed by atoms with Crippen molar-refractivity contribution >= 4 is 16.6 Å². The van der Waals surface area contributed by atoms with Crippen LogP contribution in [-0.2, 0) is 4.43 Å². The third-order valence-corrected chi connectivity index (χ3v) is 8.48. The molecular formula is C14H36N2OSi2. The molecule has 0 saturated heterocycles. The summed E-state index contributed by atoms with van der Waals surface area (Å²) in [6.45, 7) is 18.6. The van der Waals surface area contributed by atoms with Gasteiger partial charge in [0.05, 0.1) is 0 Å². The van der Waals surface area contributed by atoms with Gasteiger partial charge in [0.25, 0.3) is 0 Å². The highest BCUT2D eigenvalue weighted by Crippen LogP contribution is 2.16. The van der Waals surface area contributed by atoms with Crippen molar-refractivity contribution in [3.63, 3.8) is 0 Å². The zero-order chi connectivity index (χ0) is 15.1. The van der Waals surface area contributed by atoms with Gasteiger partial charge in [-0.05, 0) is 53.1 Å². The molecule has 0 aromatic carbocycles. The van der Waals surface area contributed by atoms with Gasteiger partial charge in [0, 0.05) is 19.7 Å². The molecule has 0 N–H and O–H groups in total. The average molecular weight is 305 g/mol. The normalized spacial score (nSPS) is 13.6. The van der Waals surface area contributed by atoms with Crippen molar-refractivity contribution in [1.82, 2.24) is 9.47 Å². The second-order valence-electron chi connectivity index (χ2n) is 7.26. The SMILES string of the molecule is CCO[Si](C)(C)CCCN(CCN(C)C)[Si](C)(C)C. The van der Waals surface area contributed by atoms with Crippen LogP contribution in [0, 0.1) is 0 Å². The van der Waals surface area contributed by atoms with E-state index in [0.29, 0.717) is 0 Å². The zero-order valence-corrected chi connectivity index (χ0v) is 16.5. The predicted molar refractivity (Wildman–Crippen MR) is 92.0 cm³/mol. The van der Waals surface area contributed by atoms with Gasteiger partial charge in [0.15, 0.2) is 8.32 Å². The molecule has 0 rings (SSSR count). The fourth-order valence-corrected chi connectivity index (χ4v) is 5.80. The second kappa shape index (κ2) is 8.57. The standard InChI is InChI=1S/C14H36N2OSi2/c1-9-17-19(7,8)14-10-11-16(18(4,5)6)13-12-15(2)3/h9-14H2,1-8H3. The van der Waals surface area contributed by atoms with Crippen molar-refractivity contribution in [2.24, 2.45) is 0 Å². The lowest BCUT2D eigenvalue weighted by atomic mass is 10.4. The van der Waals surface area contributed by atoms with Crippen LogP contribution >= 0.6 is 0 Å². The molecule has 0 aliphatic heterocycles. The van der Waals surface area contributed by atoms with Crippen molar-refractivity contribution in [2.45, 2.75) is 52.1 Å². The minimum atomic E-state index is -1.40. The lowest BCUT2D eigenvalue weighted by Crippen LogP contribution is -2.49. The summed E-state index contributed by atoms with van der Waals surface area (Å²) in [4.78, 5) is 2.28. The molecule has 0 saturated carbocycles. The maximum Gasteiger partial charge on any atom is 0.186 e. The van der Waals surface area contributed by atoms with E-state index in [2.05, 4.69) is 63.2 Å². The van der Waals surface area contributed by atoms with E-state index in [9.17, 15) is 0 Å². The third kappa shape index (κ3) is 9.79. The number of likely N-dealkylation sites (N-methyl/N-ethyl adjacent to an activating group) is 1. The van der Waals surface area contributed by atoms with E-state index in [-0.39, 0.29) is 0 Å². The van der Waals surface area contributed by atoms with E-state index in [1.807, 2.05) is 0 Å². The number of rotatable bonds is 10. The Kier molecular flexibility index (Phi) is 8.71. The van der Waals surface area contributed by atoms with Gasteiger partial charge in [-0.1, -0.05) is 19.6 Å². The quantitative estimate of drug-likeness (QED) is 0.576. The molecule has 19 heavy (non-hydrogen) atoms. The van der Waals surface area contributed by atoms with Crippen LogP contribution in [0.15, 0.2) is 0 Å². The van der Waals surface area contributed by atoms with Crippen LogP contribution in [0.3, 0.4) is 0 Å². The van der Waals surface area contributed by atoms with E-state index in [1.54, 1.807) is 0 Å². The number of hydrogen-bond acceptors (Lipinski definition) is 3. The van der Waals surface area contributed by atoms with Crippen LogP contribution < -0.4 is 0 Å². The molecular weight excluding hydrogens is 268 g/mol. The van der Waals surface area contributed by atoms with Gasteiger partial charge < -0.3 is 13.9 Å². The average Bonchev–Trinajstić information content (AvgIpc) is 2.20. The molecule has 0 unspecified atom stereocenters. The van der Waals surface area contributed by atoms with E-state index < -0.39 is 16.6 Å². The summed E-state index contributed by atoms with van der Waals surface area (Å²) in [5, 5.41) is 0. The third-order valence-electron chi connectivity index (χ3n) is 3.51. The maximum atomic E-state index is 5.92. The van der Waals surface area contributed by atoms with Gasteiger partial charge in [-0.15, -0.1) is 0 Å². The van der Waals surface area contributed by atoms with Crippen LogP contribution in [-0.4, -0.2) is 66.4 Å². The first-order valence-corrected chi connectivity index (χ1v) is 14.2. The molecule has 116 valence electrons. The summed E-state index contributed by atoms with van der Waals surface area (Å²) < 4.78 is 8.66. The molecule has 0 fully saturated rings. The van der Waals surface area contributed by atoms with Crippen molar-refractivity contribution in [2.75, 3.05) is 40.3 Å². The molecule has 0 bridgehead atoms. The van der Waals surface area contributed by atoms with Crippen LogP contribution in [0.25, 0.3) is 0 Å². The number of hydrogen-bond donors (Lipinski definition) is 0. The van der Waals surface area contributed by atoms with Crippen LogP contribution in [0.4, 0.5) is 0 Å². The highest BCUT2D eigenvalue weighted by molar-refractivity contribution is 6.73. The lowest BCUT2D eigenvalue weighted by Gasteiger charge is -2.35. The van der Waals surface area contributed by atoms with Gasteiger partial charge >= 0.3 is 0 Å². The molecule has 0 spiro atoms. The highest BCUT2D eigenvalue weighted by Gasteiger charge is 2.25. The van der Waals surface area contributed by atoms with Crippen LogP contribution in [0.2, 0.25) is 38.8 Å². The first kappa shape index (κ1) is 19.3. The Labute approximate surface area is 123 Å². The molecule has 3 nitrogen and oxygen atoms in total.